The Labute approximate surface area is 231 Å². The van der Waals surface area contributed by atoms with Crippen molar-refractivity contribution in [3.05, 3.63) is 77.0 Å². The number of nitrogens with zero attached hydrogens (tertiary/aromatic N) is 1. The van der Waals surface area contributed by atoms with Gasteiger partial charge in [-0.15, -0.1) is 0 Å². The monoisotopic (exact) mass is 524 g/mol. The highest BCUT2D eigenvalue weighted by Gasteiger charge is 2.34. The molecule has 1 saturated carbocycles. The predicted octanol–water partition coefficient (Wildman–Crippen LogP) is 5.08. The highest BCUT2D eigenvalue weighted by Crippen LogP contribution is 2.37. The molecule has 1 unspecified atom stereocenters. The number of aromatic amines is 1. The lowest BCUT2D eigenvalue weighted by molar-refractivity contribution is -0.128. The second-order valence-corrected chi connectivity index (χ2v) is 11.8. The van der Waals surface area contributed by atoms with Crippen LogP contribution in [0, 0.1) is 5.92 Å². The lowest BCUT2D eigenvalue weighted by Crippen LogP contribution is -2.54. The van der Waals surface area contributed by atoms with Crippen molar-refractivity contribution >= 4 is 28.8 Å². The summed E-state index contributed by atoms with van der Waals surface area (Å²) in [5.41, 5.74) is 12.5. The van der Waals surface area contributed by atoms with Crippen molar-refractivity contribution in [2.45, 2.75) is 75.8 Å². The van der Waals surface area contributed by atoms with E-state index in [-0.39, 0.29) is 23.8 Å². The molecule has 2 fully saturated rings. The summed E-state index contributed by atoms with van der Waals surface area (Å²) in [7, 11) is 0. The fraction of sp³-hybridized carbons (Fsp3) is 0.455. The summed E-state index contributed by atoms with van der Waals surface area (Å²) in [6.07, 6.45) is 15.2. The zero-order chi connectivity index (χ0) is 26.8. The topological polar surface area (TPSA) is 91.2 Å². The van der Waals surface area contributed by atoms with Gasteiger partial charge in [-0.1, -0.05) is 36.4 Å². The summed E-state index contributed by atoms with van der Waals surface area (Å²) < 4.78 is 0. The number of fused-ring (bicyclic) bond motifs is 2. The molecule has 1 aromatic heterocycles. The highest BCUT2D eigenvalue weighted by molar-refractivity contribution is 5.92. The van der Waals surface area contributed by atoms with Crippen LogP contribution in [-0.4, -0.2) is 46.9 Å². The maximum atomic E-state index is 12.9. The Kier molecular flexibility index (Phi) is 7.55. The number of nitrogens with one attached hydrogen (secondary N) is 2. The van der Waals surface area contributed by atoms with Crippen molar-refractivity contribution in [2.75, 3.05) is 13.1 Å². The largest absolute Gasteiger partial charge is 0.368 e. The van der Waals surface area contributed by atoms with E-state index >= 15 is 0 Å². The molecular formula is C33H40N4O2. The molecule has 0 spiro atoms. The van der Waals surface area contributed by atoms with Gasteiger partial charge in [-0.2, -0.15) is 0 Å². The molecule has 3 aliphatic rings. The molecule has 204 valence electrons. The quantitative estimate of drug-likeness (QED) is 0.377. The van der Waals surface area contributed by atoms with Crippen LogP contribution in [0.25, 0.3) is 17.0 Å². The van der Waals surface area contributed by atoms with E-state index in [4.69, 9.17) is 5.73 Å². The number of carbonyl (C=O) groups excluding carboxylic acids is 2. The standard InChI is InChI=1S/C33H40N4O2/c34-33(39)32(36-27-13-11-24(12-14-27)29-21-35-30-7-2-1-6-28(29)30)25-16-18-37(19-17-25)31(38)15-9-22-8-10-23-4-3-5-26(23)20-22/h1-2,6-10,15,20-21,24-25,27,32,35-36H,3-5,11-14,16-19H2,(H2,34,39)/b15-9+. The Morgan fingerprint density at radius 3 is 2.54 bits per heavy atom. The number of benzene rings is 2. The molecule has 39 heavy (non-hydrogen) atoms. The Bertz CT molecular complexity index is 1360. The number of hydrogen-bond donors (Lipinski definition) is 3. The Morgan fingerprint density at radius 2 is 1.74 bits per heavy atom. The van der Waals surface area contributed by atoms with Gasteiger partial charge in [0, 0.05) is 42.3 Å². The number of primary amides is 1. The van der Waals surface area contributed by atoms with Gasteiger partial charge in [-0.05, 0) is 104 Å². The van der Waals surface area contributed by atoms with Gasteiger partial charge < -0.3 is 20.9 Å². The van der Waals surface area contributed by atoms with Crippen molar-refractivity contribution in [3.8, 4) is 0 Å². The van der Waals surface area contributed by atoms with Gasteiger partial charge in [0.25, 0.3) is 0 Å². The third-order valence-electron chi connectivity index (χ3n) is 9.37. The van der Waals surface area contributed by atoms with Crippen LogP contribution in [0.1, 0.15) is 73.1 Å². The minimum Gasteiger partial charge on any atom is -0.368 e. The van der Waals surface area contributed by atoms with Crippen LogP contribution >= 0.6 is 0 Å². The number of likely N-dealkylation sites (tertiary alicyclic amines) is 1. The van der Waals surface area contributed by atoms with Gasteiger partial charge in [-0.3, -0.25) is 9.59 Å². The van der Waals surface area contributed by atoms with Gasteiger partial charge in [0.2, 0.25) is 11.8 Å². The summed E-state index contributed by atoms with van der Waals surface area (Å²) in [6, 6.07) is 15.0. The fourth-order valence-corrected chi connectivity index (χ4v) is 7.13. The van der Waals surface area contributed by atoms with Gasteiger partial charge in [0.1, 0.15) is 0 Å². The molecule has 3 aromatic rings. The van der Waals surface area contributed by atoms with Gasteiger partial charge in [0.15, 0.2) is 0 Å². The number of carbonyl (C=O) groups is 2. The van der Waals surface area contributed by atoms with E-state index in [0.29, 0.717) is 25.0 Å². The zero-order valence-electron chi connectivity index (χ0n) is 22.7. The van der Waals surface area contributed by atoms with Crippen LogP contribution in [0.15, 0.2) is 54.7 Å². The van der Waals surface area contributed by atoms with Crippen molar-refractivity contribution in [1.29, 1.82) is 0 Å². The highest BCUT2D eigenvalue weighted by atomic mass is 16.2. The van der Waals surface area contributed by atoms with Crippen molar-refractivity contribution < 1.29 is 9.59 Å². The number of aryl methyl sites for hydroxylation is 2. The van der Waals surface area contributed by atoms with Gasteiger partial charge in [-0.25, -0.2) is 0 Å². The Morgan fingerprint density at radius 1 is 0.974 bits per heavy atom. The van der Waals surface area contributed by atoms with Crippen LogP contribution in [-0.2, 0) is 22.4 Å². The predicted molar refractivity (Wildman–Crippen MR) is 156 cm³/mol. The average Bonchev–Trinajstić information content (AvgIpc) is 3.62. The fourth-order valence-electron chi connectivity index (χ4n) is 7.13. The summed E-state index contributed by atoms with van der Waals surface area (Å²) in [4.78, 5) is 30.7. The van der Waals surface area contributed by atoms with E-state index in [0.717, 1.165) is 50.5 Å². The minimum absolute atomic E-state index is 0.0492. The van der Waals surface area contributed by atoms with Crippen LogP contribution < -0.4 is 11.1 Å². The maximum Gasteiger partial charge on any atom is 0.246 e. The molecule has 2 aliphatic carbocycles. The van der Waals surface area contributed by atoms with E-state index in [1.54, 1.807) is 6.08 Å². The third-order valence-corrected chi connectivity index (χ3v) is 9.37. The summed E-state index contributed by atoms with van der Waals surface area (Å²) in [5, 5.41) is 4.97. The second-order valence-electron chi connectivity index (χ2n) is 11.8. The number of nitrogens with two attached hydrogens (primary N) is 1. The van der Waals surface area contributed by atoms with Crippen LogP contribution in [0.3, 0.4) is 0 Å². The van der Waals surface area contributed by atoms with E-state index in [1.807, 2.05) is 11.0 Å². The van der Waals surface area contributed by atoms with E-state index in [9.17, 15) is 9.59 Å². The van der Waals surface area contributed by atoms with Crippen molar-refractivity contribution in [1.82, 2.24) is 15.2 Å². The molecule has 6 rings (SSSR count). The number of aromatic nitrogens is 1. The van der Waals surface area contributed by atoms with E-state index < -0.39 is 0 Å². The Hall–Kier alpha value is -3.38. The molecule has 2 aromatic carbocycles. The molecule has 1 aliphatic heterocycles. The summed E-state index contributed by atoms with van der Waals surface area (Å²) in [6.45, 7) is 1.33. The first kappa shape index (κ1) is 25.9. The first-order valence-corrected chi connectivity index (χ1v) is 14.8. The lowest BCUT2D eigenvalue weighted by Gasteiger charge is -2.38. The molecule has 1 saturated heterocycles. The molecule has 2 amide bonds. The molecule has 4 N–H and O–H groups in total. The van der Waals surface area contributed by atoms with Crippen LogP contribution in [0.2, 0.25) is 0 Å². The first-order chi connectivity index (χ1) is 19.0. The number of para-hydroxylation sites is 1. The lowest BCUT2D eigenvalue weighted by atomic mass is 9.80. The molecule has 6 nitrogen and oxygen atoms in total. The smallest absolute Gasteiger partial charge is 0.246 e. The average molecular weight is 525 g/mol. The molecule has 2 heterocycles. The van der Waals surface area contributed by atoms with Crippen LogP contribution in [0.4, 0.5) is 0 Å². The molecular weight excluding hydrogens is 484 g/mol. The maximum absolute atomic E-state index is 12.9. The molecule has 0 bridgehead atoms. The third kappa shape index (κ3) is 5.67. The second kappa shape index (κ2) is 11.4. The normalized spacial score (nSPS) is 22.8. The van der Waals surface area contributed by atoms with Crippen molar-refractivity contribution in [3.63, 3.8) is 0 Å². The summed E-state index contributed by atoms with van der Waals surface area (Å²) >= 11 is 0. The first-order valence-electron chi connectivity index (χ1n) is 14.8. The SMILES string of the molecule is NC(=O)C(NC1CCC(c2c[nH]c3ccccc23)CC1)C1CCN(C(=O)/C=C/c2ccc3c(c2)CCC3)CC1. The molecule has 6 heteroatoms. The van der Waals surface area contributed by atoms with E-state index in [2.05, 4.69) is 59.0 Å². The van der Waals surface area contributed by atoms with E-state index in [1.165, 1.54) is 40.4 Å². The number of hydrogen-bond acceptors (Lipinski definition) is 3. The number of H-pyrrole nitrogens is 1. The Balaban J connectivity index is 0.998. The minimum atomic E-state index is -0.334. The number of piperidine rings is 1. The number of amides is 2. The van der Waals surface area contributed by atoms with Gasteiger partial charge >= 0.3 is 0 Å². The molecule has 0 radical (unpaired) electrons. The zero-order valence-corrected chi connectivity index (χ0v) is 22.7. The number of rotatable bonds is 7. The van der Waals surface area contributed by atoms with Crippen molar-refractivity contribution in [2.24, 2.45) is 11.7 Å². The van der Waals surface area contributed by atoms with Gasteiger partial charge in [0.05, 0.1) is 6.04 Å². The summed E-state index contributed by atoms with van der Waals surface area (Å²) in [5.74, 6) is 0.493. The van der Waals surface area contributed by atoms with Crippen LogP contribution in [0.5, 0.6) is 0 Å². The molecule has 1 atom stereocenters.